The Morgan fingerprint density at radius 3 is 2.77 bits per heavy atom. The molecule has 156 valence electrons. The molecule has 0 aliphatic carbocycles. The summed E-state index contributed by atoms with van der Waals surface area (Å²) in [5.41, 5.74) is 1.89. The van der Waals surface area contributed by atoms with Gasteiger partial charge < -0.3 is 19.0 Å². The van der Waals surface area contributed by atoms with Crippen LogP contribution in [0.5, 0.6) is 17.2 Å². The molecule has 0 spiro atoms. The Balaban J connectivity index is 1.80. The van der Waals surface area contributed by atoms with Crippen molar-refractivity contribution in [1.82, 2.24) is 9.78 Å². The minimum absolute atomic E-state index is 0.0222. The van der Waals surface area contributed by atoms with Crippen LogP contribution in [0, 0.1) is 0 Å². The van der Waals surface area contributed by atoms with Gasteiger partial charge in [0.25, 0.3) is 0 Å². The van der Waals surface area contributed by atoms with Gasteiger partial charge >= 0.3 is 5.97 Å². The number of fused-ring (bicyclic) bond motifs is 3. The zero-order valence-electron chi connectivity index (χ0n) is 16.8. The fraction of sp³-hybridized carbons (Fsp3) is 0.174. The average Bonchev–Trinajstić information content (AvgIpc) is 3.19. The number of rotatable bonds is 3. The molecule has 31 heavy (non-hydrogen) atoms. The van der Waals surface area contributed by atoms with Crippen molar-refractivity contribution >= 4 is 16.9 Å². The molecule has 0 unspecified atom stereocenters. The number of hydrogen-bond donors (Lipinski definition) is 1. The molecule has 0 amide bonds. The van der Waals surface area contributed by atoms with Crippen LogP contribution in [0.3, 0.4) is 0 Å². The van der Waals surface area contributed by atoms with Gasteiger partial charge in [0.1, 0.15) is 34.5 Å². The number of benzene rings is 2. The SMILES string of the molecule is COc1ccccc1-c1coc2c3c(cc(O)c2c1=O)OC(=O)C[C@@H]3c1cnn(C)c1. The maximum atomic E-state index is 13.4. The molecule has 0 saturated heterocycles. The van der Waals surface area contributed by atoms with Crippen molar-refractivity contribution in [3.05, 3.63) is 70.3 Å². The minimum atomic E-state index is -0.437. The topological polar surface area (TPSA) is 104 Å². The van der Waals surface area contributed by atoms with E-state index in [2.05, 4.69) is 5.10 Å². The van der Waals surface area contributed by atoms with Crippen molar-refractivity contribution in [3.63, 3.8) is 0 Å². The summed E-state index contributed by atoms with van der Waals surface area (Å²) in [7, 11) is 3.29. The van der Waals surface area contributed by atoms with Crippen molar-refractivity contribution < 1.29 is 23.8 Å². The zero-order valence-corrected chi connectivity index (χ0v) is 16.8. The number of phenols is 1. The Hall–Kier alpha value is -4.07. The Morgan fingerprint density at radius 1 is 1.23 bits per heavy atom. The molecule has 8 nitrogen and oxygen atoms in total. The lowest BCUT2D eigenvalue weighted by Gasteiger charge is -2.24. The van der Waals surface area contributed by atoms with E-state index in [1.165, 1.54) is 19.4 Å². The van der Waals surface area contributed by atoms with Crippen LogP contribution in [0.2, 0.25) is 0 Å². The molecular weight excluding hydrogens is 400 g/mol. The molecule has 2 aromatic heterocycles. The van der Waals surface area contributed by atoms with Crippen LogP contribution < -0.4 is 14.9 Å². The van der Waals surface area contributed by atoms with Crippen molar-refractivity contribution in [2.45, 2.75) is 12.3 Å². The number of methoxy groups -OCH3 is 1. The van der Waals surface area contributed by atoms with Crippen LogP contribution >= 0.6 is 0 Å². The minimum Gasteiger partial charge on any atom is -0.507 e. The normalized spacial score (nSPS) is 15.5. The Labute approximate surface area is 176 Å². The van der Waals surface area contributed by atoms with Crippen LogP contribution in [0.1, 0.15) is 23.5 Å². The highest BCUT2D eigenvalue weighted by atomic mass is 16.5. The van der Waals surface area contributed by atoms with E-state index in [4.69, 9.17) is 13.9 Å². The standard InChI is InChI=1S/C23H18N2O6/c1-25-10-12(9-24-25)14-7-19(27)31-18-8-16(26)21-22(28)15(11-30-23(21)20(14)18)13-5-3-4-6-17(13)29-2/h3-6,8-11,14,26H,7H2,1-2H3/t14-/m1/s1. The number of nitrogens with zero attached hydrogens (tertiary/aromatic N) is 2. The third-order valence-corrected chi connectivity index (χ3v) is 5.49. The number of ether oxygens (including phenoxy) is 2. The summed E-state index contributed by atoms with van der Waals surface area (Å²) in [5.74, 6) is -0.502. The molecule has 1 aliphatic rings. The summed E-state index contributed by atoms with van der Waals surface area (Å²) in [5, 5.41) is 14.9. The second-order valence-corrected chi connectivity index (χ2v) is 7.37. The summed E-state index contributed by atoms with van der Waals surface area (Å²) in [6.45, 7) is 0. The Kier molecular flexibility index (Phi) is 4.28. The number of aromatic nitrogens is 2. The molecule has 8 heteroatoms. The lowest BCUT2D eigenvalue weighted by Crippen LogP contribution is -2.22. The number of phenolic OH excluding ortho intramolecular Hbond substituents is 1. The number of para-hydroxylation sites is 1. The molecule has 1 atom stereocenters. The highest BCUT2D eigenvalue weighted by Gasteiger charge is 2.34. The van der Waals surface area contributed by atoms with E-state index in [-0.39, 0.29) is 34.5 Å². The molecular formula is C23H18N2O6. The first-order valence-electron chi connectivity index (χ1n) is 9.62. The third kappa shape index (κ3) is 2.95. The molecule has 0 fully saturated rings. The second-order valence-electron chi connectivity index (χ2n) is 7.37. The zero-order chi connectivity index (χ0) is 21.7. The predicted octanol–water partition coefficient (Wildman–Crippen LogP) is 3.35. The molecule has 1 aliphatic heterocycles. The number of carbonyl (C=O) groups is 1. The number of aryl methyl sites for hydroxylation is 1. The van der Waals surface area contributed by atoms with Crippen molar-refractivity contribution in [3.8, 4) is 28.4 Å². The molecule has 4 aromatic rings. The van der Waals surface area contributed by atoms with Crippen LogP contribution in [0.15, 0.2) is 58.2 Å². The van der Waals surface area contributed by atoms with Crippen LogP contribution in [-0.4, -0.2) is 28.0 Å². The van der Waals surface area contributed by atoms with Crippen LogP contribution in [0.25, 0.3) is 22.1 Å². The molecule has 3 heterocycles. The summed E-state index contributed by atoms with van der Waals surface area (Å²) < 4.78 is 18.3. The van der Waals surface area contributed by atoms with Crippen molar-refractivity contribution in [2.75, 3.05) is 7.11 Å². The molecule has 2 aromatic carbocycles. The van der Waals surface area contributed by atoms with Gasteiger partial charge in [-0.3, -0.25) is 14.3 Å². The van der Waals surface area contributed by atoms with Gasteiger partial charge in [-0.1, -0.05) is 18.2 Å². The first-order valence-corrected chi connectivity index (χ1v) is 9.62. The van der Waals surface area contributed by atoms with E-state index >= 15 is 0 Å². The fourth-order valence-electron chi connectivity index (χ4n) is 4.09. The molecule has 5 rings (SSSR count). The van der Waals surface area contributed by atoms with Gasteiger partial charge in [0.05, 0.1) is 25.3 Å². The van der Waals surface area contributed by atoms with Gasteiger partial charge in [-0.15, -0.1) is 0 Å². The fourth-order valence-corrected chi connectivity index (χ4v) is 4.09. The van der Waals surface area contributed by atoms with Crippen molar-refractivity contribution in [1.29, 1.82) is 0 Å². The van der Waals surface area contributed by atoms with E-state index in [1.807, 2.05) is 0 Å². The van der Waals surface area contributed by atoms with E-state index in [0.29, 0.717) is 16.9 Å². The maximum absolute atomic E-state index is 13.4. The van der Waals surface area contributed by atoms with Gasteiger partial charge in [-0.2, -0.15) is 5.10 Å². The monoisotopic (exact) mass is 418 g/mol. The first-order chi connectivity index (χ1) is 15.0. The first kappa shape index (κ1) is 18.9. The lowest BCUT2D eigenvalue weighted by molar-refractivity contribution is -0.135. The molecule has 0 radical (unpaired) electrons. The molecule has 1 N–H and O–H groups in total. The summed E-state index contributed by atoms with van der Waals surface area (Å²) in [6, 6.07) is 8.36. The summed E-state index contributed by atoms with van der Waals surface area (Å²) >= 11 is 0. The highest BCUT2D eigenvalue weighted by molar-refractivity contribution is 5.94. The average molecular weight is 418 g/mol. The second kappa shape index (κ2) is 7.02. The quantitative estimate of drug-likeness (QED) is 0.402. The van der Waals surface area contributed by atoms with Gasteiger partial charge in [-0.25, -0.2) is 0 Å². The van der Waals surface area contributed by atoms with Gasteiger partial charge in [-0.05, 0) is 11.6 Å². The Bertz CT molecular complexity index is 1400. The molecule has 0 saturated carbocycles. The van der Waals surface area contributed by atoms with E-state index in [1.54, 1.807) is 48.4 Å². The largest absolute Gasteiger partial charge is 0.507 e. The summed E-state index contributed by atoms with van der Waals surface area (Å²) in [6.07, 6.45) is 4.87. The summed E-state index contributed by atoms with van der Waals surface area (Å²) in [4.78, 5) is 25.6. The predicted molar refractivity (Wildman–Crippen MR) is 111 cm³/mol. The highest BCUT2D eigenvalue weighted by Crippen LogP contribution is 2.45. The number of aromatic hydroxyl groups is 1. The van der Waals surface area contributed by atoms with Crippen LogP contribution in [-0.2, 0) is 11.8 Å². The Morgan fingerprint density at radius 2 is 2.03 bits per heavy atom. The number of esters is 1. The van der Waals surface area contributed by atoms with Crippen molar-refractivity contribution in [2.24, 2.45) is 7.05 Å². The van der Waals surface area contributed by atoms with Gasteiger partial charge in [0.15, 0.2) is 0 Å². The number of carbonyl (C=O) groups excluding carboxylic acids is 1. The lowest BCUT2D eigenvalue weighted by atomic mass is 9.86. The smallest absolute Gasteiger partial charge is 0.312 e. The van der Waals surface area contributed by atoms with Gasteiger partial charge in [0, 0.05) is 36.4 Å². The van der Waals surface area contributed by atoms with E-state index in [9.17, 15) is 14.7 Å². The maximum Gasteiger partial charge on any atom is 0.312 e. The van der Waals surface area contributed by atoms with Crippen LogP contribution in [0.4, 0.5) is 0 Å². The van der Waals surface area contributed by atoms with E-state index in [0.717, 1.165) is 5.56 Å². The van der Waals surface area contributed by atoms with E-state index < -0.39 is 17.3 Å². The van der Waals surface area contributed by atoms with Gasteiger partial charge in [0.2, 0.25) is 5.43 Å². The third-order valence-electron chi connectivity index (χ3n) is 5.49. The number of hydrogen-bond acceptors (Lipinski definition) is 7. The molecule has 0 bridgehead atoms.